The number of hydrogen-bond acceptors (Lipinski definition) is 2. The topological polar surface area (TPSA) is 21.3 Å². The maximum absolute atomic E-state index is 13.1. The Bertz CT molecular complexity index is 433. The van der Waals surface area contributed by atoms with Gasteiger partial charge < -0.3 is 10.1 Å². The normalized spacial score (nSPS) is 25.5. The molecule has 1 saturated heterocycles. The number of likely N-dealkylation sites (N-methyl/N-ethyl adjacent to an activating group) is 1. The molecule has 0 aliphatic carbocycles. The number of nitrogens with one attached hydrogen (secondary N) is 1. The third kappa shape index (κ3) is 2.92. The number of halogens is 3. The maximum atomic E-state index is 13.1. The summed E-state index contributed by atoms with van der Waals surface area (Å²) in [6.07, 6.45) is -3.67. The third-order valence-electron chi connectivity index (χ3n) is 3.69. The van der Waals surface area contributed by atoms with Crippen molar-refractivity contribution < 1.29 is 17.9 Å². The molecule has 3 atom stereocenters. The highest BCUT2D eigenvalue weighted by atomic mass is 19.4. The number of hydrogen-bond donors (Lipinski definition) is 1. The number of rotatable bonds is 3. The Labute approximate surface area is 111 Å². The highest BCUT2D eigenvalue weighted by Crippen LogP contribution is 2.38. The van der Waals surface area contributed by atoms with Crippen molar-refractivity contribution in [2.75, 3.05) is 13.7 Å². The molecule has 1 fully saturated rings. The van der Waals surface area contributed by atoms with E-state index in [1.54, 1.807) is 13.1 Å². The van der Waals surface area contributed by atoms with Crippen LogP contribution in [0.25, 0.3) is 0 Å². The number of benzene rings is 1. The summed E-state index contributed by atoms with van der Waals surface area (Å²) in [7, 11) is 1.67. The van der Waals surface area contributed by atoms with E-state index in [0.29, 0.717) is 6.61 Å². The van der Waals surface area contributed by atoms with Gasteiger partial charge in [0.25, 0.3) is 0 Å². The first kappa shape index (κ1) is 14.3. The molecular weight excluding hydrogens is 255 g/mol. The van der Waals surface area contributed by atoms with Crippen molar-refractivity contribution in [1.29, 1.82) is 0 Å². The fourth-order valence-electron chi connectivity index (χ4n) is 2.67. The van der Waals surface area contributed by atoms with E-state index < -0.39 is 17.8 Å². The summed E-state index contributed by atoms with van der Waals surface area (Å²) in [5.41, 5.74) is -0.326. The Morgan fingerprint density at radius 3 is 2.53 bits per heavy atom. The van der Waals surface area contributed by atoms with Crippen molar-refractivity contribution in [3.63, 3.8) is 0 Å². The van der Waals surface area contributed by atoms with E-state index in [1.165, 1.54) is 12.1 Å². The van der Waals surface area contributed by atoms with Gasteiger partial charge in [-0.05, 0) is 31.0 Å². The van der Waals surface area contributed by atoms with Crippen LogP contribution in [0.2, 0.25) is 0 Å². The molecular formula is C14H18F3NO. The average Bonchev–Trinajstić information content (AvgIpc) is 2.76. The molecule has 3 unspecified atom stereocenters. The molecule has 1 heterocycles. The first-order chi connectivity index (χ1) is 8.95. The number of ether oxygens (including phenoxy) is 1. The zero-order valence-corrected chi connectivity index (χ0v) is 11.0. The van der Waals surface area contributed by atoms with Crippen LogP contribution in [0.5, 0.6) is 0 Å². The van der Waals surface area contributed by atoms with Crippen LogP contribution in [0, 0.1) is 5.92 Å². The van der Waals surface area contributed by atoms with Crippen molar-refractivity contribution in [3.05, 3.63) is 35.4 Å². The Morgan fingerprint density at radius 1 is 1.32 bits per heavy atom. The van der Waals surface area contributed by atoms with Crippen LogP contribution in [0.4, 0.5) is 13.2 Å². The predicted octanol–water partition coefficient (Wildman–Crippen LogP) is 3.39. The molecule has 2 nitrogen and oxygen atoms in total. The average molecular weight is 273 g/mol. The molecule has 0 spiro atoms. The molecule has 2 rings (SSSR count). The van der Waals surface area contributed by atoms with E-state index in [-0.39, 0.29) is 17.6 Å². The zero-order chi connectivity index (χ0) is 14.0. The van der Waals surface area contributed by atoms with Gasteiger partial charge >= 0.3 is 6.18 Å². The standard InChI is InChI=1S/C14H18F3NO/c1-9-7-8-19-13(9)12(18-2)10-5-3-4-6-11(10)14(15,16)17/h3-6,9,12-13,18H,7-8H2,1-2H3. The molecule has 0 aromatic heterocycles. The van der Waals surface area contributed by atoms with Gasteiger partial charge in [-0.2, -0.15) is 13.2 Å². The van der Waals surface area contributed by atoms with Crippen LogP contribution >= 0.6 is 0 Å². The van der Waals surface area contributed by atoms with Crippen molar-refractivity contribution in [2.45, 2.75) is 31.7 Å². The molecule has 0 radical (unpaired) electrons. The lowest BCUT2D eigenvalue weighted by atomic mass is 9.90. The lowest BCUT2D eigenvalue weighted by Crippen LogP contribution is -2.34. The fourth-order valence-corrected chi connectivity index (χ4v) is 2.67. The van der Waals surface area contributed by atoms with Crippen LogP contribution < -0.4 is 5.32 Å². The monoisotopic (exact) mass is 273 g/mol. The maximum Gasteiger partial charge on any atom is 0.416 e. The molecule has 5 heteroatoms. The molecule has 1 aliphatic rings. The minimum Gasteiger partial charge on any atom is -0.376 e. The Hall–Kier alpha value is -1.07. The Balaban J connectivity index is 2.38. The number of alkyl halides is 3. The summed E-state index contributed by atoms with van der Waals surface area (Å²) in [4.78, 5) is 0. The highest BCUT2D eigenvalue weighted by molar-refractivity contribution is 5.33. The van der Waals surface area contributed by atoms with Gasteiger partial charge in [0.1, 0.15) is 0 Å². The second-order valence-corrected chi connectivity index (χ2v) is 4.95. The van der Waals surface area contributed by atoms with Crippen LogP contribution in [0.1, 0.15) is 30.5 Å². The van der Waals surface area contributed by atoms with Crippen LogP contribution in [0.15, 0.2) is 24.3 Å². The molecule has 0 saturated carbocycles. The summed E-state index contributed by atoms with van der Waals surface area (Å²) in [5, 5.41) is 2.98. The van der Waals surface area contributed by atoms with Crippen LogP contribution in [-0.2, 0) is 10.9 Å². The van der Waals surface area contributed by atoms with Gasteiger partial charge in [-0.3, -0.25) is 0 Å². The van der Waals surface area contributed by atoms with Gasteiger partial charge in [-0.15, -0.1) is 0 Å². The van der Waals surface area contributed by atoms with Crippen molar-refractivity contribution in [2.24, 2.45) is 5.92 Å². The second-order valence-electron chi connectivity index (χ2n) is 4.95. The fraction of sp³-hybridized carbons (Fsp3) is 0.571. The second kappa shape index (κ2) is 5.51. The molecule has 19 heavy (non-hydrogen) atoms. The van der Waals surface area contributed by atoms with Crippen molar-refractivity contribution in [1.82, 2.24) is 5.32 Å². The van der Waals surface area contributed by atoms with E-state index in [9.17, 15) is 13.2 Å². The van der Waals surface area contributed by atoms with E-state index in [2.05, 4.69) is 5.32 Å². The lowest BCUT2D eigenvalue weighted by Gasteiger charge is -2.28. The largest absolute Gasteiger partial charge is 0.416 e. The Kier molecular flexibility index (Phi) is 4.16. The van der Waals surface area contributed by atoms with Crippen LogP contribution in [0.3, 0.4) is 0 Å². The van der Waals surface area contributed by atoms with Gasteiger partial charge in [-0.25, -0.2) is 0 Å². The predicted molar refractivity (Wildman–Crippen MR) is 66.8 cm³/mol. The zero-order valence-electron chi connectivity index (χ0n) is 11.0. The van der Waals surface area contributed by atoms with Gasteiger partial charge in [-0.1, -0.05) is 25.1 Å². The van der Waals surface area contributed by atoms with Gasteiger partial charge in [0.05, 0.1) is 17.7 Å². The summed E-state index contributed by atoms with van der Waals surface area (Å²) in [5.74, 6) is 0.249. The van der Waals surface area contributed by atoms with Crippen molar-refractivity contribution in [3.8, 4) is 0 Å². The minimum absolute atomic E-state index is 0.214. The molecule has 1 aromatic carbocycles. The lowest BCUT2D eigenvalue weighted by molar-refractivity contribution is -0.138. The molecule has 1 aromatic rings. The van der Waals surface area contributed by atoms with Crippen molar-refractivity contribution >= 4 is 0 Å². The van der Waals surface area contributed by atoms with Gasteiger partial charge in [0.15, 0.2) is 0 Å². The summed E-state index contributed by atoms with van der Waals surface area (Å²) in [6, 6.07) is 5.26. The minimum atomic E-state index is -4.34. The summed E-state index contributed by atoms with van der Waals surface area (Å²) in [6.45, 7) is 2.62. The van der Waals surface area contributed by atoms with E-state index in [0.717, 1.165) is 12.5 Å². The van der Waals surface area contributed by atoms with Gasteiger partial charge in [0, 0.05) is 6.61 Å². The van der Waals surface area contributed by atoms with E-state index >= 15 is 0 Å². The first-order valence-corrected chi connectivity index (χ1v) is 6.40. The van der Waals surface area contributed by atoms with Crippen LogP contribution in [-0.4, -0.2) is 19.8 Å². The molecule has 1 N–H and O–H groups in total. The highest BCUT2D eigenvalue weighted by Gasteiger charge is 2.39. The summed E-state index contributed by atoms with van der Waals surface area (Å²) >= 11 is 0. The quantitative estimate of drug-likeness (QED) is 0.911. The SMILES string of the molecule is CNC(c1ccccc1C(F)(F)F)C1OCCC1C. The smallest absolute Gasteiger partial charge is 0.376 e. The Morgan fingerprint density at radius 2 is 2.00 bits per heavy atom. The molecule has 1 aliphatic heterocycles. The van der Waals surface area contributed by atoms with Gasteiger partial charge in [0.2, 0.25) is 0 Å². The molecule has 0 bridgehead atoms. The molecule has 106 valence electrons. The van der Waals surface area contributed by atoms with E-state index in [4.69, 9.17) is 4.74 Å². The third-order valence-corrected chi connectivity index (χ3v) is 3.69. The van der Waals surface area contributed by atoms with E-state index in [1.807, 2.05) is 6.92 Å². The summed E-state index contributed by atoms with van der Waals surface area (Å²) < 4.78 is 44.8. The molecule has 0 amide bonds. The first-order valence-electron chi connectivity index (χ1n) is 6.40.